The van der Waals surface area contributed by atoms with Gasteiger partial charge in [-0.15, -0.1) is 29.2 Å². The number of hydrogen-bond acceptors (Lipinski definition) is 0. The van der Waals surface area contributed by atoms with Gasteiger partial charge in [-0.3, -0.25) is 0 Å². The summed E-state index contributed by atoms with van der Waals surface area (Å²) in [4.78, 5) is 0. The van der Waals surface area contributed by atoms with E-state index in [1.54, 1.807) is 6.54 Å². The van der Waals surface area contributed by atoms with Crippen molar-refractivity contribution in [2.75, 3.05) is 0 Å². The molecule has 4 heteroatoms. The van der Waals surface area contributed by atoms with Crippen molar-refractivity contribution >= 4 is 52.1 Å². The number of benzene rings is 3. The van der Waals surface area contributed by atoms with Crippen molar-refractivity contribution in [3.63, 3.8) is 0 Å². The van der Waals surface area contributed by atoms with Gasteiger partial charge < -0.3 is 0 Å². The van der Waals surface area contributed by atoms with Crippen molar-refractivity contribution in [2.24, 2.45) is 0 Å². The molecule has 4 aliphatic rings. The van der Waals surface area contributed by atoms with Gasteiger partial charge in [-0.05, 0) is 0 Å². The first kappa shape index (κ1) is 33.9. The minimum atomic E-state index is -1.07. The molecule has 214 valence electrons. The van der Waals surface area contributed by atoms with Gasteiger partial charge in [-0.25, -0.2) is 0 Å². The van der Waals surface area contributed by atoms with Gasteiger partial charge in [0.05, 0.1) is 0 Å². The van der Waals surface area contributed by atoms with Crippen molar-refractivity contribution in [1.29, 1.82) is 0 Å². The maximum absolute atomic E-state index is 2.63. The van der Waals surface area contributed by atoms with Gasteiger partial charge in [0.2, 0.25) is 0 Å². The van der Waals surface area contributed by atoms with Gasteiger partial charge in [0.15, 0.2) is 16.3 Å². The molecule has 0 atom stereocenters. The summed E-state index contributed by atoms with van der Waals surface area (Å²) in [6, 6.07) is 54.5. The average molecular weight is 703 g/mol. The topological polar surface area (TPSA) is 0 Å². The zero-order chi connectivity index (χ0) is 28.9. The standard InChI is InChI=1S/2C17H13.C6H5.Al.2ClH.Zr/c2*1-13-11-15-9-5-6-10-16(17(15)12-13)14-7-3-2-4-8-14;1-2-4-6-5-3-1;;;;/h2*2-10,12H,1H3;1-5H;;2*1H;. The van der Waals surface area contributed by atoms with Gasteiger partial charge in [0.1, 0.15) is 0 Å². The maximum Gasteiger partial charge on any atom is 0.175 e. The molecule has 3 aromatic carbocycles. The third-order valence-electron chi connectivity index (χ3n) is 7.70. The van der Waals surface area contributed by atoms with Crippen LogP contribution >= 0.6 is 24.8 Å². The monoisotopic (exact) mass is 700 g/mol. The van der Waals surface area contributed by atoms with Gasteiger partial charge in [-0.1, -0.05) is 30.3 Å². The Kier molecular flexibility index (Phi) is 12.2. The molecule has 0 bridgehead atoms. The Morgan fingerprint density at radius 3 is 1.05 bits per heavy atom. The van der Waals surface area contributed by atoms with Crippen LogP contribution in [-0.4, -0.2) is 16.3 Å². The molecule has 0 fully saturated rings. The SMILES string of the molecule is Cc1cc2c(-c3ccccc3)ccccc-2[c]1[Zr][c]1c(C)cc2c(-c3ccccc3)ccccc1-2.Cl.Cl.[Al][c]1ccccc1. The molecule has 0 saturated carbocycles. The second-order valence-corrected chi connectivity index (χ2v) is 14.3. The van der Waals surface area contributed by atoms with E-state index in [4.69, 9.17) is 0 Å². The Balaban J connectivity index is 0.000000436. The maximum atomic E-state index is 2.63. The molecule has 0 unspecified atom stereocenters. The Labute approximate surface area is 294 Å². The van der Waals surface area contributed by atoms with Crippen LogP contribution in [0.3, 0.4) is 0 Å². The number of aryl methyl sites for hydroxylation is 2. The molecule has 3 aromatic rings. The minimum Gasteiger partial charge on any atom is -0.147 e. The number of fused-ring (bicyclic) bond motifs is 2. The fourth-order valence-corrected chi connectivity index (χ4v) is 9.55. The Morgan fingerprint density at radius 1 is 0.386 bits per heavy atom. The summed E-state index contributed by atoms with van der Waals surface area (Å²) < 4.78 is 4.43. The molecule has 2 radical (unpaired) electrons. The predicted molar refractivity (Wildman–Crippen MR) is 192 cm³/mol. The average Bonchev–Trinajstić information content (AvgIpc) is 3.28. The second-order valence-electron chi connectivity index (χ2n) is 10.6. The van der Waals surface area contributed by atoms with Crippen LogP contribution in [-0.2, 0) is 23.2 Å². The van der Waals surface area contributed by atoms with Crippen LogP contribution in [0.25, 0.3) is 44.5 Å². The van der Waals surface area contributed by atoms with Crippen LogP contribution in [0.2, 0.25) is 0 Å². The smallest absolute Gasteiger partial charge is 0.147 e. The summed E-state index contributed by atoms with van der Waals surface area (Å²) in [6.45, 7) is 4.61. The predicted octanol–water partition coefficient (Wildman–Crippen LogP) is 9.20. The van der Waals surface area contributed by atoms with Crippen molar-refractivity contribution in [3.05, 3.63) is 163 Å². The number of halogens is 2. The molecule has 0 N–H and O–H groups in total. The molecule has 7 rings (SSSR count). The second kappa shape index (κ2) is 15.9. The van der Waals surface area contributed by atoms with Crippen molar-refractivity contribution < 1.29 is 23.2 Å². The van der Waals surface area contributed by atoms with E-state index in [1.807, 2.05) is 30.3 Å². The molecule has 0 heterocycles. The molecule has 0 aromatic heterocycles. The van der Waals surface area contributed by atoms with Crippen LogP contribution in [0.1, 0.15) is 11.1 Å². The Bertz CT molecular complexity index is 1750. The molecule has 0 spiro atoms. The fraction of sp³-hybridized carbons (Fsp3) is 0.0500. The zero-order valence-corrected chi connectivity index (χ0v) is 30.1. The zero-order valence-electron chi connectivity index (χ0n) is 24.8. The van der Waals surface area contributed by atoms with E-state index >= 15 is 0 Å². The third kappa shape index (κ3) is 7.46. The van der Waals surface area contributed by atoms with Crippen molar-refractivity contribution in [2.45, 2.75) is 13.8 Å². The first-order valence-corrected chi connectivity index (χ1v) is 17.4. The van der Waals surface area contributed by atoms with E-state index in [2.05, 4.69) is 151 Å². The molecule has 0 saturated heterocycles. The third-order valence-corrected chi connectivity index (χ3v) is 12.6. The Hall–Kier alpha value is -2.94. The van der Waals surface area contributed by atoms with E-state index in [9.17, 15) is 0 Å². The first-order valence-electron chi connectivity index (χ1n) is 14.3. The molecular weight excluding hydrogens is 670 g/mol. The van der Waals surface area contributed by atoms with Crippen LogP contribution in [0.5, 0.6) is 0 Å². The fourth-order valence-electron chi connectivity index (χ4n) is 5.65. The molecule has 0 aliphatic heterocycles. The van der Waals surface area contributed by atoms with Gasteiger partial charge in [0, 0.05) is 0 Å². The van der Waals surface area contributed by atoms with Crippen molar-refractivity contribution in [1.82, 2.24) is 0 Å². The summed E-state index contributed by atoms with van der Waals surface area (Å²) in [6.07, 6.45) is 0. The summed E-state index contributed by atoms with van der Waals surface area (Å²) >= 11 is 1.56. The summed E-state index contributed by atoms with van der Waals surface area (Å²) in [5.41, 5.74) is 13.7. The first-order chi connectivity index (χ1) is 20.6. The van der Waals surface area contributed by atoms with Gasteiger partial charge >= 0.3 is 221 Å². The van der Waals surface area contributed by atoms with Gasteiger partial charge in [0.25, 0.3) is 0 Å². The molecule has 4 aliphatic carbocycles. The molecular formula is C40H33AlCl2Zr. The van der Waals surface area contributed by atoms with Crippen LogP contribution < -0.4 is 11.0 Å². The van der Waals surface area contributed by atoms with E-state index in [0.29, 0.717) is 0 Å². The van der Waals surface area contributed by atoms with Gasteiger partial charge in [-0.2, -0.15) is 0 Å². The normalized spacial score (nSPS) is 10.2. The van der Waals surface area contributed by atoms with Crippen LogP contribution in [0.15, 0.2) is 152 Å². The molecule has 0 nitrogen and oxygen atoms in total. The van der Waals surface area contributed by atoms with E-state index in [0.717, 1.165) is 0 Å². The largest absolute Gasteiger partial charge is 0.175 e. The van der Waals surface area contributed by atoms with Crippen molar-refractivity contribution in [3.8, 4) is 44.5 Å². The molecule has 0 amide bonds. The molecule has 44 heavy (non-hydrogen) atoms. The number of hydrogen-bond donors (Lipinski definition) is 0. The van der Waals surface area contributed by atoms with E-state index in [-0.39, 0.29) is 24.8 Å². The minimum absolute atomic E-state index is 0. The summed E-state index contributed by atoms with van der Waals surface area (Å²) in [5.74, 6) is 0. The van der Waals surface area contributed by atoms with Crippen LogP contribution in [0.4, 0.5) is 0 Å². The quantitative estimate of drug-likeness (QED) is 0.161. The van der Waals surface area contributed by atoms with E-state index < -0.39 is 23.2 Å². The Morgan fingerprint density at radius 2 is 0.705 bits per heavy atom. The van der Waals surface area contributed by atoms with E-state index in [1.165, 1.54) is 60.1 Å². The summed E-state index contributed by atoms with van der Waals surface area (Å²) in [7, 11) is 0. The number of rotatable bonds is 4. The summed E-state index contributed by atoms with van der Waals surface area (Å²) in [5, 5.41) is 0. The van der Waals surface area contributed by atoms with Crippen LogP contribution in [0, 0.1) is 13.8 Å².